The number of methoxy groups -OCH3 is 1. The molecule has 0 unspecified atom stereocenters. The Labute approximate surface area is 107 Å². The summed E-state index contributed by atoms with van der Waals surface area (Å²) in [6.07, 6.45) is 0.930. The molecular formula is C15H18FNO. The van der Waals surface area contributed by atoms with E-state index in [2.05, 4.69) is 18.8 Å². The highest BCUT2D eigenvalue weighted by atomic mass is 19.1. The van der Waals surface area contributed by atoms with E-state index in [1.165, 1.54) is 18.7 Å². The Morgan fingerprint density at radius 2 is 1.94 bits per heavy atom. The Morgan fingerprint density at radius 3 is 2.50 bits per heavy atom. The lowest BCUT2D eigenvalue weighted by molar-refractivity contribution is 0.386. The van der Waals surface area contributed by atoms with Gasteiger partial charge in [-0.2, -0.15) is 0 Å². The maximum absolute atomic E-state index is 13.8. The zero-order valence-electron chi connectivity index (χ0n) is 11.2. The number of aromatic nitrogens is 1. The summed E-state index contributed by atoms with van der Waals surface area (Å²) < 4.78 is 18.7. The second-order valence-electron chi connectivity index (χ2n) is 4.43. The van der Waals surface area contributed by atoms with E-state index in [-0.39, 0.29) is 11.6 Å². The van der Waals surface area contributed by atoms with Crippen molar-refractivity contribution in [1.82, 2.24) is 4.98 Å². The molecule has 96 valence electrons. The predicted molar refractivity (Wildman–Crippen MR) is 71.6 cm³/mol. The molecular weight excluding hydrogens is 229 g/mol. The first kappa shape index (κ1) is 12.7. The highest BCUT2D eigenvalue weighted by Gasteiger charge is 2.14. The van der Waals surface area contributed by atoms with Crippen LogP contribution in [0.25, 0.3) is 11.1 Å². The van der Waals surface area contributed by atoms with Gasteiger partial charge in [0, 0.05) is 17.0 Å². The summed E-state index contributed by atoms with van der Waals surface area (Å²) in [6.45, 7) is 6.18. The van der Waals surface area contributed by atoms with Crippen molar-refractivity contribution >= 4 is 0 Å². The number of aromatic amines is 1. The summed E-state index contributed by atoms with van der Waals surface area (Å²) in [7, 11) is 1.47. The van der Waals surface area contributed by atoms with Gasteiger partial charge in [-0.05, 0) is 43.5 Å². The first-order valence-corrected chi connectivity index (χ1v) is 6.10. The molecule has 18 heavy (non-hydrogen) atoms. The molecule has 0 atom stereocenters. The van der Waals surface area contributed by atoms with E-state index in [0.717, 1.165) is 28.9 Å². The fourth-order valence-corrected chi connectivity index (χ4v) is 2.49. The number of H-pyrrole nitrogens is 1. The average Bonchev–Trinajstić information content (AvgIpc) is 2.63. The highest BCUT2D eigenvalue weighted by molar-refractivity contribution is 5.72. The molecule has 3 heteroatoms. The summed E-state index contributed by atoms with van der Waals surface area (Å²) in [5.41, 5.74) is 5.48. The molecule has 0 spiro atoms. The van der Waals surface area contributed by atoms with Crippen molar-refractivity contribution in [2.24, 2.45) is 0 Å². The van der Waals surface area contributed by atoms with Crippen LogP contribution in [-0.2, 0) is 6.42 Å². The summed E-state index contributed by atoms with van der Waals surface area (Å²) in [4.78, 5) is 3.32. The smallest absolute Gasteiger partial charge is 0.165 e. The Bertz CT molecular complexity index is 572. The Balaban J connectivity index is 2.58. The molecule has 1 N–H and O–H groups in total. The molecule has 0 radical (unpaired) electrons. The third-order valence-corrected chi connectivity index (χ3v) is 3.30. The number of aryl methyl sites for hydroxylation is 2. The normalized spacial score (nSPS) is 10.7. The van der Waals surface area contributed by atoms with Crippen LogP contribution in [0.4, 0.5) is 4.39 Å². The van der Waals surface area contributed by atoms with Crippen LogP contribution in [0.5, 0.6) is 5.75 Å². The Morgan fingerprint density at radius 1 is 1.22 bits per heavy atom. The Kier molecular flexibility index (Phi) is 3.41. The zero-order chi connectivity index (χ0) is 13.3. The van der Waals surface area contributed by atoms with Gasteiger partial charge >= 0.3 is 0 Å². The number of nitrogens with one attached hydrogen (secondary N) is 1. The quantitative estimate of drug-likeness (QED) is 0.871. The minimum atomic E-state index is -0.324. The van der Waals surface area contributed by atoms with Crippen LogP contribution in [0.1, 0.15) is 23.9 Å². The first-order valence-electron chi connectivity index (χ1n) is 6.10. The molecule has 0 saturated heterocycles. The van der Waals surface area contributed by atoms with E-state index >= 15 is 0 Å². The number of benzene rings is 1. The molecule has 1 aromatic heterocycles. The van der Waals surface area contributed by atoms with Gasteiger partial charge in [-0.25, -0.2) is 4.39 Å². The molecule has 0 aliphatic heterocycles. The second-order valence-corrected chi connectivity index (χ2v) is 4.43. The monoisotopic (exact) mass is 247 g/mol. The molecule has 1 aromatic carbocycles. The van der Waals surface area contributed by atoms with Crippen LogP contribution in [0.2, 0.25) is 0 Å². The average molecular weight is 247 g/mol. The van der Waals surface area contributed by atoms with E-state index in [9.17, 15) is 4.39 Å². The van der Waals surface area contributed by atoms with Crippen LogP contribution >= 0.6 is 0 Å². The minimum absolute atomic E-state index is 0.279. The molecule has 0 bridgehead atoms. The zero-order valence-corrected chi connectivity index (χ0v) is 11.2. The SMILES string of the molecule is CCc1c(C)[nH]c(C)c1-c1ccc(OC)c(F)c1. The van der Waals surface area contributed by atoms with Crippen molar-refractivity contribution in [1.29, 1.82) is 0 Å². The molecule has 0 fully saturated rings. The number of hydrogen-bond donors (Lipinski definition) is 1. The van der Waals surface area contributed by atoms with E-state index in [0.29, 0.717) is 0 Å². The fraction of sp³-hybridized carbons (Fsp3) is 0.333. The van der Waals surface area contributed by atoms with E-state index in [1.54, 1.807) is 6.07 Å². The first-order chi connectivity index (χ1) is 8.58. The van der Waals surface area contributed by atoms with Gasteiger partial charge in [0.05, 0.1) is 7.11 Å². The lowest BCUT2D eigenvalue weighted by Gasteiger charge is -2.07. The number of ether oxygens (including phenoxy) is 1. The van der Waals surface area contributed by atoms with E-state index < -0.39 is 0 Å². The topological polar surface area (TPSA) is 25.0 Å². The maximum atomic E-state index is 13.8. The minimum Gasteiger partial charge on any atom is -0.494 e. The summed E-state index contributed by atoms with van der Waals surface area (Å²) in [6, 6.07) is 5.11. The van der Waals surface area contributed by atoms with Gasteiger partial charge in [0.25, 0.3) is 0 Å². The van der Waals surface area contributed by atoms with Crippen LogP contribution < -0.4 is 4.74 Å². The Hall–Kier alpha value is -1.77. The summed E-state index contributed by atoms with van der Waals surface area (Å²) in [5.74, 6) is -0.0444. The molecule has 0 saturated carbocycles. The molecule has 0 aliphatic carbocycles. The lowest BCUT2D eigenvalue weighted by atomic mass is 9.99. The van der Waals surface area contributed by atoms with Gasteiger partial charge < -0.3 is 9.72 Å². The second kappa shape index (κ2) is 4.84. The number of rotatable bonds is 3. The van der Waals surface area contributed by atoms with Gasteiger partial charge in [-0.15, -0.1) is 0 Å². The van der Waals surface area contributed by atoms with Crippen LogP contribution in [0.15, 0.2) is 18.2 Å². The predicted octanol–water partition coefficient (Wildman–Crippen LogP) is 4.01. The van der Waals surface area contributed by atoms with Gasteiger partial charge in [-0.1, -0.05) is 13.0 Å². The van der Waals surface area contributed by atoms with Crippen molar-refractivity contribution in [2.45, 2.75) is 27.2 Å². The molecule has 0 aliphatic rings. The standard InChI is InChI=1S/C15H18FNO/c1-5-12-9(2)17-10(3)15(12)11-6-7-14(18-4)13(16)8-11/h6-8,17H,5H2,1-4H3. The largest absolute Gasteiger partial charge is 0.494 e. The van der Waals surface area contributed by atoms with Gasteiger partial charge in [0.1, 0.15) is 0 Å². The van der Waals surface area contributed by atoms with Gasteiger partial charge in [0.15, 0.2) is 11.6 Å². The van der Waals surface area contributed by atoms with Crippen LogP contribution in [0.3, 0.4) is 0 Å². The fourth-order valence-electron chi connectivity index (χ4n) is 2.49. The summed E-state index contributed by atoms with van der Waals surface area (Å²) >= 11 is 0. The van der Waals surface area contributed by atoms with Crippen molar-refractivity contribution in [3.63, 3.8) is 0 Å². The van der Waals surface area contributed by atoms with E-state index in [1.807, 2.05) is 13.0 Å². The third-order valence-electron chi connectivity index (χ3n) is 3.30. The van der Waals surface area contributed by atoms with Crippen molar-refractivity contribution in [2.75, 3.05) is 7.11 Å². The van der Waals surface area contributed by atoms with Gasteiger partial charge in [-0.3, -0.25) is 0 Å². The third kappa shape index (κ3) is 2.01. The maximum Gasteiger partial charge on any atom is 0.165 e. The van der Waals surface area contributed by atoms with Crippen molar-refractivity contribution in [3.05, 3.63) is 41.0 Å². The molecule has 1 heterocycles. The molecule has 0 amide bonds. The van der Waals surface area contributed by atoms with Crippen LogP contribution in [-0.4, -0.2) is 12.1 Å². The summed E-state index contributed by atoms with van der Waals surface area (Å²) in [5, 5.41) is 0. The molecule has 2 aromatic rings. The van der Waals surface area contributed by atoms with Gasteiger partial charge in [0.2, 0.25) is 0 Å². The van der Waals surface area contributed by atoms with Crippen molar-refractivity contribution < 1.29 is 9.13 Å². The molecule has 2 nitrogen and oxygen atoms in total. The van der Waals surface area contributed by atoms with E-state index in [4.69, 9.17) is 4.74 Å². The highest BCUT2D eigenvalue weighted by Crippen LogP contribution is 2.32. The number of halogens is 1. The molecule has 2 rings (SSSR count). The van der Waals surface area contributed by atoms with Crippen LogP contribution in [0, 0.1) is 19.7 Å². The van der Waals surface area contributed by atoms with Crippen molar-refractivity contribution in [3.8, 4) is 16.9 Å². The lowest BCUT2D eigenvalue weighted by Crippen LogP contribution is -1.91. The number of hydrogen-bond acceptors (Lipinski definition) is 1.